The molecule has 0 aromatic rings. The van der Waals surface area contributed by atoms with Gasteiger partial charge in [-0.3, -0.25) is 4.84 Å². The van der Waals surface area contributed by atoms with E-state index in [1.807, 2.05) is 0 Å². The first-order valence-electron chi connectivity index (χ1n) is 3.07. The quantitative estimate of drug-likeness (QED) is 0.575. The van der Waals surface area contributed by atoms with Crippen molar-refractivity contribution in [3.05, 3.63) is 0 Å². The van der Waals surface area contributed by atoms with Crippen molar-refractivity contribution in [3.63, 3.8) is 0 Å². The average Bonchev–Trinajstić information content (AvgIpc) is 2.35. The predicted octanol–water partition coefficient (Wildman–Crippen LogP) is -1.17. The van der Waals surface area contributed by atoms with Crippen LogP contribution in [0.25, 0.3) is 0 Å². The molecule has 0 aromatic carbocycles. The van der Waals surface area contributed by atoms with Crippen LogP contribution in [0, 0.1) is 0 Å². The molecule has 1 N–H and O–H groups in total. The molecule has 0 aromatic heterocycles. The summed E-state index contributed by atoms with van der Waals surface area (Å²) in [6.07, 6.45) is -0.889. The number of amides is 1. The van der Waals surface area contributed by atoms with Crippen LogP contribution in [0.2, 0.25) is 0 Å². The zero-order valence-electron chi connectivity index (χ0n) is 6.31. The summed E-state index contributed by atoms with van der Waals surface area (Å²) in [7, 11) is -2.73. The van der Waals surface area contributed by atoms with E-state index in [0.29, 0.717) is 4.31 Å². The normalized spacial score (nSPS) is 18.1. The van der Waals surface area contributed by atoms with Gasteiger partial charge in [0.15, 0.2) is 0 Å². The average molecular weight is 196 g/mol. The molecule has 1 heterocycles. The van der Waals surface area contributed by atoms with E-state index >= 15 is 0 Å². The molecule has 0 atom stereocenters. The molecule has 0 radical (unpaired) electrons. The molecule has 0 bridgehead atoms. The van der Waals surface area contributed by atoms with Crippen LogP contribution in [0.15, 0.2) is 0 Å². The molecule has 0 saturated carbocycles. The van der Waals surface area contributed by atoms with Gasteiger partial charge in [-0.15, -0.1) is 0 Å². The number of carbonyl (C=O) groups excluding carboxylic acids is 1. The number of carbonyl (C=O) groups is 1. The Morgan fingerprint density at radius 3 is 2.75 bits per heavy atom. The van der Waals surface area contributed by atoms with Crippen LogP contribution < -0.4 is 4.89 Å². The highest BCUT2D eigenvalue weighted by molar-refractivity contribution is 7.87. The van der Waals surface area contributed by atoms with E-state index in [-0.39, 0.29) is 13.2 Å². The molecule has 12 heavy (non-hydrogen) atoms. The van der Waals surface area contributed by atoms with Crippen LogP contribution in [0.3, 0.4) is 0 Å². The second-order valence-electron chi connectivity index (χ2n) is 1.98. The van der Waals surface area contributed by atoms with Crippen molar-refractivity contribution < 1.29 is 22.8 Å². The van der Waals surface area contributed by atoms with Crippen LogP contribution in [0.5, 0.6) is 0 Å². The summed E-state index contributed by atoms with van der Waals surface area (Å²) >= 11 is 0. The summed E-state index contributed by atoms with van der Waals surface area (Å²) in [6, 6.07) is 0. The van der Waals surface area contributed by atoms with Crippen LogP contribution in [0.4, 0.5) is 4.79 Å². The summed E-state index contributed by atoms with van der Waals surface area (Å²) in [5, 5.41) is 0. The standard InChI is InChI=1S/C4H8N2O5S/c1-10-5-12(8,9)6-2-3-11-4(6)7/h5H,2-3H2,1H3. The van der Waals surface area contributed by atoms with Gasteiger partial charge in [0, 0.05) is 0 Å². The number of hydrogen-bond acceptors (Lipinski definition) is 5. The van der Waals surface area contributed by atoms with Gasteiger partial charge in [0.25, 0.3) is 0 Å². The number of hydrogen-bond donors (Lipinski definition) is 1. The number of cyclic esters (lactones) is 1. The minimum atomic E-state index is -3.87. The zero-order chi connectivity index (χ0) is 9.19. The number of rotatable bonds is 3. The van der Waals surface area contributed by atoms with Gasteiger partial charge in [-0.2, -0.15) is 12.7 Å². The lowest BCUT2D eigenvalue weighted by Crippen LogP contribution is -2.40. The first kappa shape index (κ1) is 9.23. The smallest absolute Gasteiger partial charge is 0.424 e. The largest absolute Gasteiger partial charge is 0.447 e. The number of nitrogens with zero attached hydrogens (tertiary/aromatic N) is 1. The molecule has 1 aliphatic heterocycles. The van der Waals surface area contributed by atoms with Gasteiger partial charge in [-0.05, 0) is 0 Å². The second kappa shape index (κ2) is 3.25. The van der Waals surface area contributed by atoms with Gasteiger partial charge >= 0.3 is 16.3 Å². The molecule has 7 nitrogen and oxygen atoms in total. The van der Waals surface area contributed by atoms with E-state index in [0.717, 1.165) is 7.11 Å². The molecule has 70 valence electrons. The predicted molar refractivity (Wildman–Crippen MR) is 37.1 cm³/mol. The van der Waals surface area contributed by atoms with Crippen LogP contribution >= 0.6 is 0 Å². The third-order valence-corrected chi connectivity index (χ3v) is 2.49. The lowest BCUT2D eigenvalue weighted by Gasteiger charge is -2.11. The van der Waals surface area contributed by atoms with Crippen molar-refractivity contribution in [2.24, 2.45) is 0 Å². The van der Waals surface area contributed by atoms with Crippen LogP contribution in [0.1, 0.15) is 0 Å². The molecule has 1 amide bonds. The SMILES string of the molecule is CONS(=O)(=O)N1CCOC1=O. The Morgan fingerprint density at radius 1 is 1.67 bits per heavy atom. The topological polar surface area (TPSA) is 84.9 Å². The Kier molecular flexibility index (Phi) is 2.50. The Hall–Kier alpha value is -0.860. The molecule has 0 unspecified atom stereocenters. The van der Waals surface area contributed by atoms with Crippen molar-refractivity contribution in [1.82, 2.24) is 9.19 Å². The fraction of sp³-hybridized carbons (Fsp3) is 0.750. The van der Waals surface area contributed by atoms with Gasteiger partial charge in [0.2, 0.25) is 0 Å². The van der Waals surface area contributed by atoms with E-state index in [1.165, 1.54) is 0 Å². The minimum absolute atomic E-state index is 0.0114. The summed E-state index contributed by atoms with van der Waals surface area (Å²) < 4.78 is 27.0. The highest BCUT2D eigenvalue weighted by atomic mass is 32.2. The maximum absolute atomic E-state index is 11.0. The third-order valence-electron chi connectivity index (χ3n) is 1.20. The van der Waals surface area contributed by atoms with Crippen molar-refractivity contribution in [2.75, 3.05) is 20.3 Å². The van der Waals surface area contributed by atoms with E-state index in [2.05, 4.69) is 9.57 Å². The molecule has 1 fully saturated rings. The van der Waals surface area contributed by atoms with Gasteiger partial charge in [0.1, 0.15) is 6.61 Å². The fourth-order valence-electron chi connectivity index (χ4n) is 0.748. The minimum Gasteiger partial charge on any atom is -0.447 e. The molecule has 0 aliphatic carbocycles. The van der Waals surface area contributed by atoms with E-state index in [4.69, 9.17) is 0 Å². The lowest BCUT2D eigenvalue weighted by atomic mass is 10.7. The second-order valence-corrected chi connectivity index (χ2v) is 3.54. The summed E-state index contributed by atoms with van der Waals surface area (Å²) in [5.41, 5.74) is 0. The Balaban J connectivity index is 2.74. The van der Waals surface area contributed by atoms with Crippen LogP contribution in [-0.4, -0.2) is 39.1 Å². The van der Waals surface area contributed by atoms with Crippen molar-refractivity contribution in [3.8, 4) is 0 Å². The van der Waals surface area contributed by atoms with Gasteiger partial charge in [-0.1, -0.05) is 4.89 Å². The van der Waals surface area contributed by atoms with Crippen molar-refractivity contribution >= 4 is 16.3 Å². The molecule has 1 aliphatic rings. The molecular weight excluding hydrogens is 188 g/mol. The van der Waals surface area contributed by atoms with Crippen LogP contribution in [-0.2, 0) is 19.8 Å². The summed E-state index contributed by atoms with van der Waals surface area (Å²) in [6.45, 7) is 0.0843. The van der Waals surface area contributed by atoms with Gasteiger partial charge in [0.05, 0.1) is 13.7 Å². The van der Waals surface area contributed by atoms with E-state index in [1.54, 1.807) is 4.89 Å². The summed E-state index contributed by atoms with van der Waals surface area (Å²) in [5.74, 6) is 0. The van der Waals surface area contributed by atoms with Gasteiger partial charge < -0.3 is 4.74 Å². The zero-order valence-corrected chi connectivity index (χ0v) is 7.13. The van der Waals surface area contributed by atoms with Crippen molar-refractivity contribution in [1.29, 1.82) is 0 Å². The highest BCUT2D eigenvalue weighted by Gasteiger charge is 2.33. The summed E-state index contributed by atoms with van der Waals surface area (Å²) in [4.78, 5) is 16.6. The van der Waals surface area contributed by atoms with E-state index in [9.17, 15) is 13.2 Å². The Labute approximate surface area is 69.4 Å². The molecule has 1 saturated heterocycles. The van der Waals surface area contributed by atoms with Gasteiger partial charge in [-0.25, -0.2) is 4.79 Å². The first-order chi connectivity index (χ1) is 5.58. The Morgan fingerprint density at radius 2 is 2.33 bits per heavy atom. The molecular formula is C4H8N2O5S. The maximum Gasteiger partial charge on any atom is 0.424 e. The number of ether oxygens (including phenoxy) is 1. The molecule has 0 spiro atoms. The molecule has 1 rings (SSSR count). The van der Waals surface area contributed by atoms with Crippen molar-refractivity contribution in [2.45, 2.75) is 0 Å². The fourth-order valence-corrected chi connectivity index (χ4v) is 1.61. The maximum atomic E-state index is 11.0. The first-order valence-corrected chi connectivity index (χ1v) is 4.51. The Bertz CT molecular complexity index is 273. The third kappa shape index (κ3) is 1.65. The highest BCUT2D eigenvalue weighted by Crippen LogP contribution is 2.07. The molecule has 8 heteroatoms. The number of nitrogens with one attached hydrogen (secondary N) is 1. The lowest BCUT2D eigenvalue weighted by molar-refractivity contribution is 0.143. The monoisotopic (exact) mass is 196 g/mol. The van der Waals surface area contributed by atoms with E-state index < -0.39 is 16.3 Å².